The summed E-state index contributed by atoms with van der Waals surface area (Å²) >= 11 is 1.25. The summed E-state index contributed by atoms with van der Waals surface area (Å²) in [4.78, 5) is 11.1. The molecule has 0 aliphatic rings. The number of nitrogens with zero attached hydrogens (tertiary/aromatic N) is 4. The third kappa shape index (κ3) is 5.31. The summed E-state index contributed by atoms with van der Waals surface area (Å²) in [6.45, 7) is 1.60. The molecule has 0 bridgehead atoms. The molecule has 0 saturated heterocycles. The van der Waals surface area contributed by atoms with Crippen molar-refractivity contribution in [3.05, 3.63) is 64.0 Å². The zero-order valence-electron chi connectivity index (χ0n) is 17.8. The third-order valence-electron chi connectivity index (χ3n) is 4.56. The molecule has 0 radical (unpaired) electrons. The van der Waals surface area contributed by atoms with E-state index >= 15 is 0 Å². The van der Waals surface area contributed by atoms with E-state index in [-0.39, 0.29) is 18.1 Å². The second-order valence-corrected chi connectivity index (χ2v) is 7.76. The molecule has 3 rings (SSSR count). The number of hydrogen-bond acceptors (Lipinski definition) is 8. The first-order valence-electron chi connectivity index (χ1n) is 9.56. The molecule has 0 unspecified atom stereocenters. The number of aromatic nitrogens is 3. The van der Waals surface area contributed by atoms with E-state index in [0.717, 1.165) is 11.4 Å². The molecule has 1 atom stereocenters. The summed E-state index contributed by atoms with van der Waals surface area (Å²) in [5.74, 6) is 4.69. The Morgan fingerprint density at radius 1 is 1.16 bits per heavy atom. The van der Waals surface area contributed by atoms with E-state index in [1.165, 1.54) is 18.9 Å². The number of rotatable bonds is 10. The lowest BCUT2D eigenvalue weighted by Gasteiger charge is -2.16. The summed E-state index contributed by atoms with van der Waals surface area (Å²) in [5, 5.41) is 19.8. The SMILES string of the molecule is C#CCOc1ccc([C@@H](C[N+](=O)[O-])Sc2nnc(C)n2-c2ccc(OC)cc2)cc1OC. The number of ether oxygens (including phenoxy) is 3. The molecule has 2 aromatic carbocycles. The highest BCUT2D eigenvalue weighted by molar-refractivity contribution is 7.99. The van der Waals surface area contributed by atoms with Gasteiger partial charge in [0.15, 0.2) is 16.7 Å². The van der Waals surface area contributed by atoms with Gasteiger partial charge in [-0.25, -0.2) is 0 Å². The lowest BCUT2D eigenvalue weighted by atomic mass is 10.1. The molecule has 0 aliphatic carbocycles. The fourth-order valence-corrected chi connectivity index (χ4v) is 4.21. The molecule has 0 N–H and O–H groups in total. The maximum absolute atomic E-state index is 11.4. The maximum atomic E-state index is 11.4. The lowest BCUT2D eigenvalue weighted by molar-refractivity contribution is -0.479. The van der Waals surface area contributed by atoms with Crippen LogP contribution in [-0.2, 0) is 0 Å². The predicted octanol–water partition coefficient (Wildman–Crippen LogP) is 3.72. The summed E-state index contributed by atoms with van der Waals surface area (Å²) in [7, 11) is 3.10. The Hall–Kier alpha value is -3.71. The molecule has 0 amide bonds. The Kier molecular flexibility index (Phi) is 7.57. The number of hydrogen-bond donors (Lipinski definition) is 0. The van der Waals surface area contributed by atoms with Crippen molar-refractivity contribution >= 4 is 11.8 Å². The Morgan fingerprint density at radius 3 is 2.53 bits per heavy atom. The third-order valence-corrected chi connectivity index (χ3v) is 5.74. The number of thioether (sulfide) groups is 1. The van der Waals surface area contributed by atoms with Crippen LogP contribution in [0.2, 0.25) is 0 Å². The van der Waals surface area contributed by atoms with Crippen molar-refractivity contribution in [1.29, 1.82) is 0 Å². The largest absolute Gasteiger partial charge is 0.497 e. The van der Waals surface area contributed by atoms with E-state index in [4.69, 9.17) is 20.6 Å². The number of nitro groups is 1. The van der Waals surface area contributed by atoms with E-state index in [2.05, 4.69) is 16.1 Å². The first-order valence-corrected chi connectivity index (χ1v) is 10.4. The second kappa shape index (κ2) is 10.5. The highest BCUT2D eigenvalue weighted by atomic mass is 32.2. The van der Waals surface area contributed by atoms with Crippen molar-refractivity contribution in [2.45, 2.75) is 17.3 Å². The fraction of sp³-hybridized carbons (Fsp3) is 0.273. The molecule has 0 spiro atoms. The molecule has 1 aromatic heterocycles. The van der Waals surface area contributed by atoms with Crippen LogP contribution >= 0.6 is 11.8 Å². The van der Waals surface area contributed by atoms with Crippen LogP contribution in [0.15, 0.2) is 47.6 Å². The standard InChI is InChI=1S/C22H22N4O5S/c1-5-12-31-19-11-6-16(13-20(19)30-4)21(14-25(27)28)32-22-24-23-15(2)26(22)17-7-9-18(29-3)10-8-17/h1,6-11,13,21H,12,14H2,2-4H3/t21-/m1/s1. The van der Waals surface area contributed by atoms with Crippen LogP contribution in [0, 0.1) is 29.4 Å². The highest BCUT2D eigenvalue weighted by Crippen LogP contribution is 2.39. The van der Waals surface area contributed by atoms with Crippen molar-refractivity contribution < 1.29 is 19.1 Å². The van der Waals surface area contributed by atoms with Crippen molar-refractivity contribution in [3.8, 4) is 35.3 Å². The Morgan fingerprint density at radius 2 is 1.91 bits per heavy atom. The molecule has 0 aliphatic heterocycles. The van der Waals surface area contributed by atoms with Crippen LogP contribution < -0.4 is 14.2 Å². The van der Waals surface area contributed by atoms with Crippen LogP contribution in [0.25, 0.3) is 5.69 Å². The zero-order valence-corrected chi connectivity index (χ0v) is 18.7. The summed E-state index contributed by atoms with van der Waals surface area (Å²) in [6.07, 6.45) is 5.25. The minimum absolute atomic E-state index is 0.0903. The molecule has 9 nitrogen and oxygen atoms in total. The summed E-state index contributed by atoms with van der Waals surface area (Å²) < 4.78 is 17.9. The van der Waals surface area contributed by atoms with Gasteiger partial charge in [0.05, 0.1) is 14.2 Å². The quantitative estimate of drug-likeness (QED) is 0.198. The van der Waals surface area contributed by atoms with Crippen LogP contribution in [0.3, 0.4) is 0 Å². The van der Waals surface area contributed by atoms with Gasteiger partial charge in [0.2, 0.25) is 6.54 Å². The smallest absolute Gasteiger partial charge is 0.220 e. The Balaban J connectivity index is 1.95. The van der Waals surface area contributed by atoms with Crippen molar-refractivity contribution in [3.63, 3.8) is 0 Å². The number of aryl methyl sites for hydroxylation is 1. The number of benzene rings is 2. The molecular formula is C22H22N4O5S. The van der Waals surface area contributed by atoms with Crippen molar-refractivity contribution in [2.75, 3.05) is 27.4 Å². The van der Waals surface area contributed by atoms with Gasteiger partial charge < -0.3 is 14.2 Å². The molecule has 32 heavy (non-hydrogen) atoms. The predicted molar refractivity (Wildman–Crippen MR) is 120 cm³/mol. The summed E-state index contributed by atoms with van der Waals surface area (Å²) in [5.41, 5.74) is 1.52. The average Bonchev–Trinajstić information content (AvgIpc) is 3.16. The van der Waals surface area contributed by atoms with Crippen LogP contribution in [-0.4, -0.2) is 47.1 Å². The van der Waals surface area contributed by atoms with E-state index in [1.54, 1.807) is 25.3 Å². The zero-order chi connectivity index (χ0) is 23.1. The molecular weight excluding hydrogens is 432 g/mol. The van der Waals surface area contributed by atoms with Gasteiger partial charge in [-0.1, -0.05) is 23.7 Å². The first kappa shape index (κ1) is 23.0. The van der Waals surface area contributed by atoms with Gasteiger partial charge in [0, 0.05) is 10.6 Å². The normalized spacial score (nSPS) is 11.4. The molecule has 0 saturated carbocycles. The van der Waals surface area contributed by atoms with Crippen molar-refractivity contribution in [1.82, 2.24) is 14.8 Å². The van der Waals surface area contributed by atoms with E-state index in [9.17, 15) is 10.1 Å². The van der Waals surface area contributed by atoms with Crippen LogP contribution in [0.4, 0.5) is 0 Å². The topological polar surface area (TPSA) is 102 Å². The van der Waals surface area contributed by atoms with Gasteiger partial charge in [-0.2, -0.15) is 0 Å². The second-order valence-electron chi connectivity index (χ2n) is 6.59. The van der Waals surface area contributed by atoms with Gasteiger partial charge in [0.25, 0.3) is 0 Å². The van der Waals surface area contributed by atoms with Gasteiger partial charge in [0.1, 0.15) is 23.4 Å². The van der Waals surface area contributed by atoms with E-state index < -0.39 is 5.25 Å². The van der Waals surface area contributed by atoms with E-state index in [0.29, 0.717) is 28.0 Å². The number of terminal acetylenes is 1. The summed E-state index contributed by atoms with van der Waals surface area (Å²) in [6, 6.07) is 12.6. The van der Waals surface area contributed by atoms with Crippen LogP contribution in [0.5, 0.6) is 17.2 Å². The fourth-order valence-electron chi connectivity index (χ4n) is 3.04. The Labute approximate surface area is 189 Å². The number of methoxy groups -OCH3 is 2. The molecule has 0 fully saturated rings. The lowest BCUT2D eigenvalue weighted by Crippen LogP contribution is -2.11. The van der Waals surface area contributed by atoms with Crippen LogP contribution in [0.1, 0.15) is 16.6 Å². The minimum Gasteiger partial charge on any atom is -0.497 e. The minimum atomic E-state index is -0.541. The maximum Gasteiger partial charge on any atom is 0.220 e. The molecule has 166 valence electrons. The average molecular weight is 455 g/mol. The Bertz CT molecular complexity index is 1120. The van der Waals surface area contributed by atoms with Gasteiger partial charge >= 0.3 is 0 Å². The highest BCUT2D eigenvalue weighted by Gasteiger charge is 2.25. The molecule has 10 heteroatoms. The van der Waals surface area contributed by atoms with Gasteiger partial charge in [-0.05, 0) is 48.9 Å². The first-order chi connectivity index (χ1) is 15.5. The monoisotopic (exact) mass is 454 g/mol. The molecule has 1 heterocycles. The van der Waals surface area contributed by atoms with Gasteiger partial charge in [-0.3, -0.25) is 14.7 Å². The van der Waals surface area contributed by atoms with E-state index in [1.807, 2.05) is 35.8 Å². The van der Waals surface area contributed by atoms with Crippen molar-refractivity contribution in [2.24, 2.45) is 0 Å². The van der Waals surface area contributed by atoms with Gasteiger partial charge in [-0.15, -0.1) is 16.6 Å². The molecule has 3 aromatic rings.